The molecule has 0 amide bonds. The summed E-state index contributed by atoms with van der Waals surface area (Å²) >= 11 is 0. The highest BCUT2D eigenvalue weighted by atomic mass is 16.5. The van der Waals surface area contributed by atoms with Crippen LogP contribution in [-0.4, -0.2) is 39.7 Å². The van der Waals surface area contributed by atoms with E-state index >= 15 is 0 Å². The Labute approximate surface area is 94.4 Å². The van der Waals surface area contributed by atoms with Gasteiger partial charge in [-0.3, -0.25) is 0 Å². The normalized spacial score (nSPS) is 29.3. The van der Waals surface area contributed by atoms with Crippen LogP contribution in [0.15, 0.2) is 0 Å². The third-order valence-electron chi connectivity index (χ3n) is 3.51. The standard InChI is InChI=1S/C11H17N3O2/c15-6-9-2-1-3-10-12-11(13-14(9)10)8-4-5-16-7-8/h8-9,15H,1-7H2. The summed E-state index contributed by atoms with van der Waals surface area (Å²) in [5.74, 6) is 2.30. The molecule has 16 heavy (non-hydrogen) atoms. The molecule has 1 N–H and O–H groups in total. The number of ether oxygens (including phenoxy) is 1. The minimum Gasteiger partial charge on any atom is -0.394 e. The summed E-state index contributed by atoms with van der Waals surface area (Å²) in [6.45, 7) is 1.72. The summed E-state index contributed by atoms with van der Waals surface area (Å²) in [6, 6.07) is 0.132. The second-order valence-electron chi connectivity index (χ2n) is 4.62. The van der Waals surface area contributed by atoms with E-state index in [1.807, 2.05) is 4.68 Å². The van der Waals surface area contributed by atoms with E-state index in [9.17, 15) is 5.11 Å². The van der Waals surface area contributed by atoms with Crippen molar-refractivity contribution < 1.29 is 9.84 Å². The van der Waals surface area contributed by atoms with Gasteiger partial charge in [-0.1, -0.05) is 0 Å². The van der Waals surface area contributed by atoms with Gasteiger partial charge in [0, 0.05) is 18.9 Å². The number of rotatable bonds is 2. The van der Waals surface area contributed by atoms with E-state index < -0.39 is 0 Å². The minimum atomic E-state index is 0.132. The van der Waals surface area contributed by atoms with Crippen molar-refractivity contribution in [3.8, 4) is 0 Å². The lowest BCUT2D eigenvalue weighted by molar-refractivity contribution is 0.190. The van der Waals surface area contributed by atoms with E-state index in [1.54, 1.807) is 0 Å². The largest absolute Gasteiger partial charge is 0.394 e. The molecule has 88 valence electrons. The van der Waals surface area contributed by atoms with Gasteiger partial charge in [0.25, 0.3) is 0 Å². The summed E-state index contributed by atoms with van der Waals surface area (Å²) in [5.41, 5.74) is 0. The molecule has 3 rings (SSSR count). The smallest absolute Gasteiger partial charge is 0.156 e. The second kappa shape index (κ2) is 4.14. The molecule has 2 unspecified atom stereocenters. The molecule has 0 aliphatic carbocycles. The second-order valence-corrected chi connectivity index (χ2v) is 4.62. The van der Waals surface area contributed by atoms with Gasteiger partial charge in [-0.25, -0.2) is 9.67 Å². The molecule has 2 aliphatic heterocycles. The summed E-state index contributed by atoms with van der Waals surface area (Å²) < 4.78 is 7.29. The molecule has 0 aromatic carbocycles. The van der Waals surface area contributed by atoms with Crippen molar-refractivity contribution in [1.29, 1.82) is 0 Å². The predicted octanol–water partition coefficient (Wildman–Crippen LogP) is 0.652. The van der Waals surface area contributed by atoms with Gasteiger partial charge in [-0.05, 0) is 19.3 Å². The third kappa shape index (κ3) is 1.64. The number of nitrogens with zero attached hydrogens (tertiary/aromatic N) is 3. The quantitative estimate of drug-likeness (QED) is 0.799. The molecular weight excluding hydrogens is 206 g/mol. The van der Waals surface area contributed by atoms with Crippen LogP contribution in [0.4, 0.5) is 0 Å². The van der Waals surface area contributed by atoms with E-state index in [0.717, 1.165) is 50.5 Å². The van der Waals surface area contributed by atoms with E-state index in [2.05, 4.69) is 10.1 Å². The van der Waals surface area contributed by atoms with Gasteiger partial charge in [0.15, 0.2) is 5.82 Å². The number of hydrogen-bond donors (Lipinski definition) is 1. The average Bonchev–Trinajstić information content (AvgIpc) is 2.96. The average molecular weight is 223 g/mol. The van der Waals surface area contributed by atoms with Crippen LogP contribution in [-0.2, 0) is 11.2 Å². The van der Waals surface area contributed by atoms with Crippen LogP contribution in [0.3, 0.4) is 0 Å². The van der Waals surface area contributed by atoms with Crippen LogP contribution >= 0.6 is 0 Å². The van der Waals surface area contributed by atoms with Crippen LogP contribution in [0.1, 0.15) is 42.9 Å². The fraction of sp³-hybridized carbons (Fsp3) is 0.818. The van der Waals surface area contributed by atoms with Crippen molar-refractivity contribution >= 4 is 0 Å². The highest BCUT2D eigenvalue weighted by Crippen LogP contribution is 2.27. The number of aliphatic hydroxyl groups is 1. The fourth-order valence-electron chi connectivity index (χ4n) is 2.53. The first kappa shape index (κ1) is 10.2. The van der Waals surface area contributed by atoms with Crippen LogP contribution in [0.25, 0.3) is 0 Å². The lowest BCUT2D eigenvalue weighted by Gasteiger charge is -2.20. The zero-order valence-electron chi connectivity index (χ0n) is 9.30. The number of hydrogen-bond acceptors (Lipinski definition) is 4. The first-order chi connectivity index (χ1) is 7.88. The minimum absolute atomic E-state index is 0.132. The Hall–Kier alpha value is -0.940. The van der Waals surface area contributed by atoms with Gasteiger partial charge >= 0.3 is 0 Å². The Kier molecular flexibility index (Phi) is 2.65. The lowest BCUT2D eigenvalue weighted by atomic mass is 10.1. The van der Waals surface area contributed by atoms with Crippen LogP contribution in [0, 0.1) is 0 Å². The molecule has 5 heteroatoms. The Balaban J connectivity index is 1.89. The van der Waals surface area contributed by atoms with Crippen molar-refractivity contribution in [2.24, 2.45) is 0 Å². The van der Waals surface area contributed by atoms with E-state index in [1.165, 1.54) is 0 Å². The van der Waals surface area contributed by atoms with Gasteiger partial charge in [-0.2, -0.15) is 5.10 Å². The molecule has 1 fully saturated rings. The molecule has 2 atom stereocenters. The maximum atomic E-state index is 9.30. The van der Waals surface area contributed by atoms with Crippen LogP contribution in [0.5, 0.6) is 0 Å². The molecule has 0 radical (unpaired) electrons. The summed E-state index contributed by atoms with van der Waals surface area (Å²) in [5, 5.41) is 13.8. The Bertz CT molecular complexity index is 371. The fourth-order valence-corrected chi connectivity index (χ4v) is 2.53. The highest BCUT2D eigenvalue weighted by Gasteiger charge is 2.27. The number of aryl methyl sites for hydroxylation is 1. The zero-order chi connectivity index (χ0) is 11.0. The van der Waals surface area contributed by atoms with Gasteiger partial charge in [0.05, 0.1) is 19.3 Å². The van der Waals surface area contributed by atoms with Crippen LogP contribution < -0.4 is 0 Å². The van der Waals surface area contributed by atoms with Gasteiger partial charge in [0.2, 0.25) is 0 Å². The van der Waals surface area contributed by atoms with Gasteiger partial charge in [-0.15, -0.1) is 0 Å². The van der Waals surface area contributed by atoms with E-state index in [0.29, 0.717) is 5.92 Å². The Morgan fingerprint density at radius 3 is 3.12 bits per heavy atom. The molecule has 1 aromatic rings. The van der Waals surface area contributed by atoms with Crippen molar-refractivity contribution in [2.75, 3.05) is 19.8 Å². The van der Waals surface area contributed by atoms with Crippen molar-refractivity contribution in [3.05, 3.63) is 11.6 Å². The number of fused-ring (bicyclic) bond motifs is 1. The molecule has 3 heterocycles. The molecule has 5 nitrogen and oxygen atoms in total. The summed E-state index contributed by atoms with van der Waals surface area (Å²) in [7, 11) is 0. The predicted molar refractivity (Wildman–Crippen MR) is 57.3 cm³/mol. The zero-order valence-corrected chi connectivity index (χ0v) is 9.30. The molecule has 2 aliphatic rings. The van der Waals surface area contributed by atoms with Gasteiger partial charge < -0.3 is 9.84 Å². The molecule has 0 bridgehead atoms. The number of aromatic nitrogens is 3. The first-order valence-electron chi connectivity index (χ1n) is 6.02. The maximum absolute atomic E-state index is 9.30. The van der Waals surface area contributed by atoms with Crippen LogP contribution in [0.2, 0.25) is 0 Å². The SMILES string of the molecule is OCC1CCCc2nc(C3CCOC3)nn21. The molecule has 0 saturated carbocycles. The summed E-state index contributed by atoms with van der Waals surface area (Å²) in [6.07, 6.45) is 4.11. The third-order valence-corrected chi connectivity index (χ3v) is 3.51. The lowest BCUT2D eigenvalue weighted by Crippen LogP contribution is -2.22. The molecule has 1 saturated heterocycles. The Morgan fingerprint density at radius 2 is 2.38 bits per heavy atom. The number of aliphatic hydroxyl groups excluding tert-OH is 1. The van der Waals surface area contributed by atoms with E-state index in [-0.39, 0.29) is 12.6 Å². The van der Waals surface area contributed by atoms with E-state index in [4.69, 9.17) is 4.74 Å². The molecule has 0 spiro atoms. The van der Waals surface area contributed by atoms with Gasteiger partial charge in [0.1, 0.15) is 5.82 Å². The highest BCUT2D eigenvalue weighted by molar-refractivity contribution is 5.04. The summed E-state index contributed by atoms with van der Waals surface area (Å²) in [4.78, 5) is 4.59. The van der Waals surface area contributed by atoms with Crippen molar-refractivity contribution in [3.63, 3.8) is 0 Å². The molecular formula is C11H17N3O2. The monoisotopic (exact) mass is 223 g/mol. The maximum Gasteiger partial charge on any atom is 0.156 e. The van der Waals surface area contributed by atoms with Crippen molar-refractivity contribution in [1.82, 2.24) is 14.8 Å². The van der Waals surface area contributed by atoms with Crippen molar-refractivity contribution in [2.45, 2.75) is 37.6 Å². The Morgan fingerprint density at radius 1 is 1.44 bits per heavy atom. The first-order valence-corrected chi connectivity index (χ1v) is 6.02. The molecule has 1 aromatic heterocycles. The topological polar surface area (TPSA) is 60.2 Å².